The van der Waals surface area contributed by atoms with Crippen LogP contribution < -0.4 is 5.32 Å². The standard InChI is InChI=1S/C21H17NS/c23-21(18-12-6-2-7-13-18)20(17-10-4-1-5-11-17)16-22-19-14-8-3-9-15-19/h1-16,22H/b20-16-. The Bertz CT molecular complexity index is 793. The highest BCUT2D eigenvalue weighted by atomic mass is 32.1. The smallest absolute Gasteiger partial charge is 0.0542 e. The quantitative estimate of drug-likeness (QED) is 0.376. The van der Waals surface area contributed by atoms with E-state index in [0.29, 0.717) is 0 Å². The maximum atomic E-state index is 5.73. The Kier molecular flexibility index (Phi) is 4.97. The van der Waals surface area contributed by atoms with Gasteiger partial charge in [0.1, 0.15) is 0 Å². The third kappa shape index (κ3) is 3.93. The predicted molar refractivity (Wildman–Crippen MR) is 103 cm³/mol. The topological polar surface area (TPSA) is 12.0 Å². The SMILES string of the molecule is S=C(/C(=C\Nc1ccccc1)c1ccccc1)c1ccccc1. The van der Waals surface area contributed by atoms with Gasteiger partial charge in [-0.2, -0.15) is 0 Å². The molecule has 0 spiro atoms. The number of allylic oxidation sites excluding steroid dienone is 1. The minimum absolute atomic E-state index is 0.834. The van der Waals surface area contributed by atoms with Crippen LogP contribution in [-0.2, 0) is 0 Å². The van der Waals surface area contributed by atoms with Crippen molar-refractivity contribution in [3.63, 3.8) is 0 Å². The second kappa shape index (κ2) is 7.52. The Labute approximate surface area is 142 Å². The van der Waals surface area contributed by atoms with Gasteiger partial charge in [0.25, 0.3) is 0 Å². The second-order valence-electron chi connectivity index (χ2n) is 5.13. The van der Waals surface area contributed by atoms with Crippen molar-refractivity contribution in [3.05, 3.63) is 108 Å². The van der Waals surface area contributed by atoms with Crippen molar-refractivity contribution in [3.8, 4) is 0 Å². The molecule has 3 aromatic carbocycles. The molecule has 0 aromatic heterocycles. The lowest BCUT2D eigenvalue weighted by atomic mass is 9.99. The summed E-state index contributed by atoms with van der Waals surface area (Å²) in [5, 5.41) is 3.34. The summed E-state index contributed by atoms with van der Waals surface area (Å²) in [5.41, 5.74) is 4.20. The largest absolute Gasteiger partial charge is 0.361 e. The van der Waals surface area contributed by atoms with Crippen LogP contribution in [0.5, 0.6) is 0 Å². The Morgan fingerprint density at radius 3 is 1.70 bits per heavy atom. The van der Waals surface area contributed by atoms with Gasteiger partial charge in [-0.05, 0) is 23.3 Å². The van der Waals surface area contributed by atoms with E-state index >= 15 is 0 Å². The molecule has 0 saturated carbocycles. The zero-order valence-electron chi connectivity index (χ0n) is 12.6. The van der Waals surface area contributed by atoms with Gasteiger partial charge >= 0.3 is 0 Å². The minimum atomic E-state index is 0.834. The van der Waals surface area contributed by atoms with Crippen molar-refractivity contribution < 1.29 is 0 Å². The summed E-state index contributed by atoms with van der Waals surface area (Å²) < 4.78 is 0. The molecule has 0 unspecified atom stereocenters. The molecule has 23 heavy (non-hydrogen) atoms. The monoisotopic (exact) mass is 315 g/mol. The second-order valence-corrected chi connectivity index (χ2v) is 5.54. The summed E-state index contributed by atoms with van der Waals surface area (Å²) >= 11 is 5.73. The van der Waals surface area contributed by atoms with Crippen LogP contribution >= 0.6 is 12.2 Å². The van der Waals surface area contributed by atoms with Crippen LogP contribution in [0.4, 0.5) is 5.69 Å². The van der Waals surface area contributed by atoms with Gasteiger partial charge in [0, 0.05) is 17.5 Å². The Balaban J connectivity index is 1.96. The van der Waals surface area contributed by atoms with Gasteiger partial charge in [-0.25, -0.2) is 0 Å². The first-order chi connectivity index (χ1) is 11.3. The number of nitrogens with one attached hydrogen (secondary N) is 1. The molecule has 1 N–H and O–H groups in total. The first-order valence-electron chi connectivity index (χ1n) is 7.51. The average Bonchev–Trinajstić information content (AvgIpc) is 2.64. The summed E-state index contributed by atoms with van der Waals surface area (Å²) in [6.07, 6.45) is 1.99. The maximum absolute atomic E-state index is 5.73. The summed E-state index contributed by atoms with van der Waals surface area (Å²) in [7, 11) is 0. The van der Waals surface area contributed by atoms with Crippen molar-refractivity contribution in [1.29, 1.82) is 0 Å². The fourth-order valence-electron chi connectivity index (χ4n) is 2.33. The van der Waals surface area contributed by atoms with Crippen molar-refractivity contribution in [2.75, 3.05) is 5.32 Å². The first-order valence-corrected chi connectivity index (χ1v) is 7.92. The van der Waals surface area contributed by atoms with E-state index < -0.39 is 0 Å². The van der Waals surface area contributed by atoms with E-state index in [0.717, 1.165) is 27.3 Å². The van der Waals surface area contributed by atoms with Gasteiger partial charge < -0.3 is 5.32 Å². The molecule has 3 rings (SSSR count). The van der Waals surface area contributed by atoms with Crippen molar-refractivity contribution in [2.45, 2.75) is 0 Å². The summed E-state index contributed by atoms with van der Waals surface area (Å²) in [5.74, 6) is 0. The van der Waals surface area contributed by atoms with Gasteiger partial charge in [-0.15, -0.1) is 0 Å². The zero-order valence-corrected chi connectivity index (χ0v) is 13.5. The molecule has 2 heteroatoms. The number of hydrogen-bond acceptors (Lipinski definition) is 2. The molecule has 1 nitrogen and oxygen atoms in total. The number of rotatable bonds is 5. The number of hydrogen-bond donors (Lipinski definition) is 1. The lowest BCUT2D eigenvalue weighted by molar-refractivity contribution is 1.56. The van der Waals surface area contributed by atoms with Crippen molar-refractivity contribution in [1.82, 2.24) is 0 Å². The molecule has 0 bridgehead atoms. The van der Waals surface area contributed by atoms with Gasteiger partial charge in [-0.3, -0.25) is 0 Å². The number of benzene rings is 3. The fraction of sp³-hybridized carbons (Fsp3) is 0. The molecule has 0 atom stereocenters. The molecule has 0 aliphatic carbocycles. The molecular formula is C21H17NS. The first kappa shape index (κ1) is 15.2. The third-order valence-corrected chi connectivity index (χ3v) is 3.98. The van der Waals surface area contributed by atoms with Crippen LogP contribution in [0.2, 0.25) is 0 Å². The van der Waals surface area contributed by atoms with E-state index in [1.165, 1.54) is 0 Å². The van der Waals surface area contributed by atoms with Crippen molar-refractivity contribution >= 4 is 28.3 Å². The van der Waals surface area contributed by atoms with E-state index in [-0.39, 0.29) is 0 Å². The molecule has 0 heterocycles. The highest BCUT2D eigenvalue weighted by Gasteiger charge is 2.09. The summed E-state index contributed by atoms with van der Waals surface area (Å²) in [4.78, 5) is 0.834. The van der Waals surface area contributed by atoms with Gasteiger partial charge in [0.15, 0.2) is 0 Å². The Morgan fingerprint density at radius 1 is 0.652 bits per heavy atom. The van der Waals surface area contributed by atoms with Gasteiger partial charge in [-0.1, -0.05) is 91.1 Å². The lowest BCUT2D eigenvalue weighted by Gasteiger charge is -2.11. The van der Waals surface area contributed by atoms with Crippen LogP contribution in [0.1, 0.15) is 11.1 Å². The van der Waals surface area contributed by atoms with Crippen LogP contribution in [0.15, 0.2) is 97.2 Å². The molecule has 3 aromatic rings. The Morgan fingerprint density at radius 2 is 1.13 bits per heavy atom. The van der Waals surface area contributed by atoms with Gasteiger partial charge in [0.05, 0.1) is 4.86 Å². The third-order valence-electron chi connectivity index (χ3n) is 3.52. The summed E-state index contributed by atoms with van der Waals surface area (Å²) in [6.45, 7) is 0. The van der Waals surface area contributed by atoms with E-state index in [9.17, 15) is 0 Å². The minimum Gasteiger partial charge on any atom is -0.361 e. The van der Waals surface area contributed by atoms with Crippen LogP contribution in [0.3, 0.4) is 0 Å². The molecule has 0 aliphatic heterocycles. The van der Waals surface area contributed by atoms with Crippen LogP contribution in [0, 0.1) is 0 Å². The lowest BCUT2D eigenvalue weighted by Crippen LogP contribution is -2.03. The average molecular weight is 315 g/mol. The van der Waals surface area contributed by atoms with E-state index in [4.69, 9.17) is 12.2 Å². The number of thiocarbonyl (C=S) groups is 1. The predicted octanol–water partition coefficient (Wildman–Crippen LogP) is 5.56. The molecule has 112 valence electrons. The number of anilines is 1. The molecular weight excluding hydrogens is 298 g/mol. The Hall–Kier alpha value is -2.71. The molecule has 0 fully saturated rings. The molecule has 0 saturated heterocycles. The van der Waals surface area contributed by atoms with E-state index in [1.807, 2.05) is 85.1 Å². The van der Waals surface area contributed by atoms with E-state index in [2.05, 4.69) is 17.4 Å². The van der Waals surface area contributed by atoms with Gasteiger partial charge in [0.2, 0.25) is 0 Å². The van der Waals surface area contributed by atoms with Crippen molar-refractivity contribution in [2.24, 2.45) is 0 Å². The van der Waals surface area contributed by atoms with E-state index in [1.54, 1.807) is 0 Å². The number of para-hydroxylation sites is 1. The molecule has 0 amide bonds. The zero-order chi connectivity index (χ0) is 15.9. The fourth-order valence-corrected chi connectivity index (χ4v) is 2.65. The normalized spacial score (nSPS) is 11.0. The highest BCUT2D eigenvalue weighted by Crippen LogP contribution is 2.21. The van der Waals surface area contributed by atoms with Crippen LogP contribution in [0.25, 0.3) is 5.57 Å². The maximum Gasteiger partial charge on any atom is 0.0542 e. The summed E-state index contributed by atoms with van der Waals surface area (Å²) in [6, 6.07) is 30.4. The highest BCUT2D eigenvalue weighted by molar-refractivity contribution is 7.81. The molecule has 0 radical (unpaired) electrons. The molecule has 0 aliphatic rings. The van der Waals surface area contributed by atoms with Crippen LogP contribution in [-0.4, -0.2) is 4.86 Å².